The monoisotopic (exact) mass is 385 g/mol. The third kappa shape index (κ3) is 3.86. The Bertz CT molecular complexity index is 812. The zero-order valence-corrected chi connectivity index (χ0v) is 14.6. The van der Waals surface area contributed by atoms with E-state index < -0.39 is 6.09 Å². The van der Waals surface area contributed by atoms with Crippen LogP contribution in [0.3, 0.4) is 0 Å². The van der Waals surface area contributed by atoms with E-state index in [1.807, 2.05) is 61.5 Å². The molecule has 0 fully saturated rings. The Morgan fingerprint density at radius 2 is 1.79 bits per heavy atom. The summed E-state index contributed by atoms with van der Waals surface area (Å²) in [6.45, 7) is 1.83. The molecule has 0 spiro atoms. The third-order valence-corrected chi connectivity index (χ3v) is 4.09. The van der Waals surface area contributed by atoms with E-state index >= 15 is 0 Å². The van der Waals surface area contributed by atoms with Crippen molar-refractivity contribution in [3.8, 4) is 11.3 Å². The van der Waals surface area contributed by atoms with Crippen molar-refractivity contribution in [2.75, 3.05) is 5.32 Å². The fourth-order valence-corrected chi connectivity index (χ4v) is 2.59. The van der Waals surface area contributed by atoms with Crippen molar-refractivity contribution in [3.63, 3.8) is 0 Å². The van der Waals surface area contributed by atoms with Gasteiger partial charge in [-0.15, -0.1) is 0 Å². The molecule has 3 aromatic rings. The number of halogens is 1. The first-order valence-electron chi connectivity index (χ1n) is 7.49. The van der Waals surface area contributed by atoms with Crippen molar-refractivity contribution in [2.45, 2.75) is 13.0 Å². The van der Waals surface area contributed by atoms with E-state index in [9.17, 15) is 4.79 Å². The highest BCUT2D eigenvalue weighted by Gasteiger charge is 2.15. The number of nitrogens with one attached hydrogen (secondary N) is 1. The normalized spacial score (nSPS) is 11.8. The van der Waals surface area contributed by atoms with E-state index in [1.54, 1.807) is 6.07 Å². The number of furan rings is 1. The summed E-state index contributed by atoms with van der Waals surface area (Å²) in [5.41, 5.74) is 2.38. The minimum absolute atomic E-state index is 0.339. The van der Waals surface area contributed by atoms with Gasteiger partial charge in [-0.2, -0.15) is 0 Å². The first-order chi connectivity index (χ1) is 11.6. The summed E-state index contributed by atoms with van der Waals surface area (Å²) < 4.78 is 11.9. The van der Waals surface area contributed by atoms with Gasteiger partial charge in [0.2, 0.25) is 0 Å². The molecule has 4 nitrogen and oxygen atoms in total. The van der Waals surface area contributed by atoms with E-state index in [4.69, 9.17) is 9.15 Å². The van der Waals surface area contributed by atoms with Gasteiger partial charge in [-0.25, -0.2) is 4.79 Å². The number of hydrogen-bond donors (Lipinski definition) is 1. The lowest BCUT2D eigenvalue weighted by Crippen LogP contribution is -2.16. The van der Waals surface area contributed by atoms with E-state index in [0.717, 1.165) is 15.6 Å². The van der Waals surface area contributed by atoms with Crippen molar-refractivity contribution in [2.24, 2.45) is 0 Å². The molecule has 1 N–H and O–H groups in total. The molecule has 0 saturated carbocycles. The van der Waals surface area contributed by atoms with Crippen LogP contribution >= 0.6 is 15.9 Å². The fourth-order valence-electron chi connectivity index (χ4n) is 2.32. The maximum Gasteiger partial charge on any atom is 0.412 e. The van der Waals surface area contributed by atoms with E-state index in [-0.39, 0.29) is 6.10 Å². The number of carbonyl (C=O) groups excluding carboxylic acids is 1. The lowest BCUT2D eigenvalue weighted by molar-refractivity contribution is 0.121. The Morgan fingerprint density at radius 1 is 1.08 bits per heavy atom. The van der Waals surface area contributed by atoms with Gasteiger partial charge >= 0.3 is 6.09 Å². The van der Waals surface area contributed by atoms with Crippen LogP contribution in [0, 0.1) is 0 Å². The Morgan fingerprint density at radius 3 is 2.50 bits per heavy atom. The van der Waals surface area contributed by atoms with Crippen LogP contribution in [-0.4, -0.2) is 6.09 Å². The standard InChI is InChI=1S/C19H16BrNO3/c1-13(14-5-3-2-4-6-14)24-19(22)21-17-11-12-23-18(17)15-7-9-16(20)10-8-15/h2-13H,1H3,(H,21,22)/t13-/m1/s1. The SMILES string of the molecule is C[C@@H](OC(=O)Nc1ccoc1-c1ccc(Br)cc1)c1ccccc1. The molecule has 24 heavy (non-hydrogen) atoms. The smallest absolute Gasteiger partial charge is 0.412 e. The van der Waals surface area contributed by atoms with Crippen LogP contribution in [0.1, 0.15) is 18.6 Å². The molecule has 0 aliphatic rings. The minimum atomic E-state index is -0.522. The molecule has 0 aliphatic heterocycles. The highest BCUT2D eigenvalue weighted by molar-refractivity contribution is 9.10. The van der Waals surface area contributed by atoms with Gasteiger partial charge in [0.15, 0.2) is 5.76 Å². The summed E-state index contributed by atoms with van der Waals surface area (Å²) in [5.74, 6) is 0.590. The maximum absolute atomic E-state index is 12.1. The largest absolute Gasteiger partial charge is 0.462 e. The predicted octanol–water partition coefficient (Wildman–Crippen LogP) is 6.02. The third-order valence-electron chi connectivity index (χ3n) is 3.56. The van der Waals surface area contributed by atoms with Gasteiger partial charge < -0.3 is 9.15 Å². The first kappa shape index (κ1) is 16.3. The van der Waals surface area contributed by atoms with E-state index in [2.05, 4.69) is 21.2 Å². The molecule has 1 aromatic heterocycles. The Labute approximate surface area is 148 Å². The second kappa shape index (κ2) is 7.36. The van der Waals surface area contributed by atoms with Crippen molar-refractivity contribution < 1.29 is 13.9 Å². The molecule has 1 amide bonds. The van der Waals surface area contributed by atoms with Crippen molar-refractivity contribution in [3.05, 3.63) is 77.0 Å². The molecule has 1 atom stereocenters. The molecule has 0 unspecified atom stereocenters. The first-order valence-corrected chi connectivity index (χ1v) is 8.29. The molecular weight excluding hydrogens is 370 g/mol. The van der Waals surface area contributed by atoms with Crippen LogP contribution in [0.25, 0.3) is 11.3 Å². The number of benzene rings is 2. The lowest BCUT2D eigenvalue weighted by atomic mass is 10.1. The van der Waals surface area contributed by atoms with Crippen LogP contribution in [0.2, 0.25) is 0 Å². The molecule has 0 aliphatic carbocycles. The summed E-state index contributed by atoms with van der Waals surface area (Å²) in [7, 11) is 0. The van der Waals surface area contributed by atoms with Crippen LogP contribution < -0.4 is 5.32 Å². The van der Waals surface area contributed by atoms with Crippen LogP contribution in [0.5, 0.6) is 0 Å². The van der Waals surface area contributed by atoms with Crippen LogP contribution in [0.4, 0.5) is 10.5 Å². The van der Waals surface area contributed by atoms with Gasteiger partial charge in [-0.05, 0) is 24.6 Å². The number of anilines is 1. The lowest BCUT2D eigenvalue weighted by Gasteiger charge is -2.14. The molecule has 3 rings (SSSR count). The molecule has 0 saturated heterocycles. The van der Waals surface area contributed by atoms with Gasteiger partial charge in [0.1, 0.15) is 6.10 Å². The molecule has 0 bridgehead atoms. The predicted molar refractivity (Wildman–Crippen MR) is 96.8 cm³/mol. The summed E-state index contributed by atoms with van der Waals surface area (Å²) in [5, 5.41) is 2.74. The van der Waals surface area contributed by atoms with Crippen molar-refractivity contribution in [1.29, 1.82) is 0 Å². The summed E-state index contributed by atoms with van der Waals surface area (Å²) in [6, 6.07) is 18.9. The average molecular weight is 386 g/mol. The Kier molecular flexibility index (Phi) is 5.01. The van der Waals surface area contributed by atoms with Crippen molar-refractivity contribution in [1.82, 2.24) is 0 Å². The number of amides is 1. The van der Waals surface area contributed by atoms with Crippen molar-refractivity contribution >= 4 is 27.7 Å². The highest BCUT2D eigenvalue weighted by atomic mass is 79.9. The van der Waals surface area contributed by atoms with Crippen LogP contribution in [-0.2, 0) is 4.74 Å². The highest BCUT2D eigenvalue weighted by Crippen LogP contribution is 2.30. The Balaban J connectivity index is 1.69. The van der Waals surface area contributed by atoms with E-state index in [1.165, 1.54) is 6.26 Å². The number of rotatable bonds is 4. The zero-order valence-electron chi connectivity index (χ0n) is 13.0. The second-order valence-corrected chi connectivity index (χ2v) is 6.17. The second-order valence-electron chi connectivity index (χ2n) is 5.25. The van der Waals surface area contributed by atoms with E-state index in [0.29, 0.717) is 11.4 Å². The molecule has 1 heterocycles. The number of carbonyl (C=O) groups is 1. The van der Waals surface area contributed by atoms with Crippen LogP contribution in [0.15, 0.2) is 75.8 Å². The molecule has 122 valence electrons. The van der Waals surface area contributed by atoms with Gasteiger partial charge in [-0.3, -0.25) is 5.32 Å². The Hall–Kier alpha value is -2.53. The zero-order chi connectivity index (χ0) is 16.9. The van der Waals surface area contributed by atoms with Gasteiger partial charge in [0, 0.05) is 16.1 Å². The fraction of sp³-hybridized carbons (Fsp3) is 0.105. The molecule has 5 heteroatoms. The summed E-state index contributed by atoms with van der Waals surface area (Å²) >= 11 is 3.40. The number of hydrogen-bond acceptors (Lipinski definition) is 3. The average Bonchev–Trinajstić information content (AvgIpc) is 3.04. The molecule has 2 aromatic carbocycles. The van der Waals surface area contributed by atoms with Gasteiger partial charge in [0.05, 0.1) is 12.0 Å². The number of ether oxygens (including phenoxy) is 1. The van der Waals surface area contributed by atoms with Gasteiger partial charge in [0.25, 0.3) is 0 Å². The quantitative estimate of drug-likeness (QED) is 0.597. The molecular formula is C19H16BrNO3. The maximum atomic E-state index is 12.1. The summed E-state index contributed by atoms with van der Waals surface area (Å²) in [6.07, 6.45) is 0.675. The topological polar surface area (TPSA) is 51.5 Å². The molecule has 0 radical (unpaired) electrons. The minimum Gasteiger partial charge on any atom is -0.462 e. The summed E-state index contributed by atoms with van der Waals surface area (Å²) in [4.78, 5) is 12.1. The van der Waals surface area contributed by atoms with Gasteiger partial charge in [-0.1, -0.05) is 58.4 Å².